The predicted octanol–water partition coefficient (Wildman–Crippen LogP) is 3.29. The van der Waals surface area contributed by atoms with Crippen LogP contribution < -0.4 is 11.1 Å². The van der Waals surface area contributed by atoms with Gasteiger partial charge in [0.05, 0.1) is 0 Å². The highest BCUT2D eigenvalue weighted by Gasteiger charge is 2.19. The molecule has 24 heavy (non-hydrogen) atoms. The van der Waals surface area contributed by atoms with Crippen LogP contribution in [0.1, 0.15) is 50.3 Å². The summed E-state index contributed by atoms with van der Waals surface area (Å²) in [5.41, 5.74) is 9.59. The van der Waals surface area contributed by atoms with Crippen LogP contribution in [0.3, 0.4) is 0 Å². The summed E-state index contributed by atoms with van der Waals surface area (Å²) < 4.78 is 2.14. The number of amides is 1. The Balaban J connectivity index is 1.83. The SMILES string of the molecule is Cc1c(CC(C)N)c2ccccc2n1CC(=O)NC1CCCCC1. The van der Waals surface area contributed by atoms with Crippen LogP contribution in [0.25, 0.3) is 10.9 Å². The van der Waals surface area contributed by atoms with E-state index in [2.05, 4.69) is 35.0 Å². The average molecular weight is 327 g/mol. The number of aromatic nitrogens is 1. The molecule has 0 radical (unpaired) electrons. The first-order valence-corrected chi connectivity index (χ1v) is 9.18. The Morgan fingerprint density at radius 2 is 2.00 bits per heavy atom. The van der Waals surface area contributed by atoms with Gasteiger partial charge in [0.1, 0.15) is 6.54 Å². The molecule has 130 valence electrons. The lowest BCUT2D eigenvalue weighted by Crippen LogP contribution is -2.38. The first-order valence-electron chi connectivity index (χ1n) is 9.18. The van der Waals surface area contributed by atoms with Crippen molar-refractivity contribution >= 4 is 16.8 Å². The lowest BCUT2D eigenvalue weighted by atomic mass is 9.95. The lowest BCUT2D eigenvalue weighted by Gasteiger charge is -2.23. The van der Waals surface area contributed by atoms with Crippen LogP contribution in [-0.4, -0.2) is 22.6 Å². The summed E-state index contributed by atoms with van der Waals surface area (Å²) in [6.07, 6.45) is 6.84. The molecule has 3 rings (SSSR count). The van der Waals surface area contributed by atoms with E-state index in [1.165, 1.54) is 30.2 Å². The molecule has 1 fully saturated rings. The van der Waals surface area contributed by atoms with Gasteiger partial charge in [-0.1, -0.05) is 37.5 Å². The minimum atomic E-state index is 0.110. The van der Waals surface area contributed by atoms with E-state index in [1.807, 2.05) is 13.0 Å². The number of para-hydroxylation sites is 1. The molecular weight excluding hydrogens is 298 g/mol. The maximum absolute atomic E-state index is 12.6. The second-order valence-corrected chi connectivity index (χ2v) is 7.25. The summed E-state index contributed by atoms with van der Waals surface area (Å²) in [5.74, 6) is 0.123. The molecule has 0 saturated heterocycles. The average Bonchev–Trinajstić information content (AvgIpc) is 2.81. The number of nitrogens with one attached hydrogen (secondary N) is 1. The smallest absolute Gasteiger partial charge is 0.240 e. The Hall–Kier alpha value is -1.81. The third kappa shape index (κ3) is 3.64. The minimum absolute atomic E-state index is 0.110. The standard InChI is InChI=1S/C20H29N3O/c1-14(21)12-18-15(2)23(19-11-7-6-10-17(18)19)13-20(24)22-16-8-4-3-5-9-16/h6-7,10-11,14,16H,3-5,8-9,12-13,21H2,1-2H3,(H,22,24). The van der Waals surface area contributed by atoms with Gasteiger partial charge in [0.2, 0.25) is 5.91 Å². The van der Waals surface area contributed by atoms with Crippen molar-refractivity contribution in [2.24, 2.45) is 5.73 Å². The topological polar surface area (TPSA) is 60.0 Å². The zero-order valence-electron chi connectivity index (χ0n) is 14.8. The molecule has 2 aromatic rings. The van der Waals surface area contributed by atoms with Crippen molar-refractivity contribution in [1.82, 2.24) is 9.88 Å². The summed E-state index contributed by atoms with van der Waals surface area (Å²) in [6, 6.07) is 8.79. The van der Waals surface area contributed by atoms with Crippen LogP contribution in [0.5, 0.6) is 0 Å². The van der Waals surface area contributed by atoms with Gasteiger partial charge in [0, 0.05) is 28.7 Å². The summed E-state index contributed by atoms with van der Waals surface area (Å²) in [6.45, 7) is 4.52. The molecule has 1 heterocycles. The molecule has 1 aliphatic rings. The van der Waals surface area contributed by atoms with Gasteiger partial charge in [0.25, 0.3) is 0 Å². The number of hydrogen-bond acceptors (Lipinski definition) is 2. The molecule has 1 amide bonds. The van der Waals surface area contributed by atoms with Crippen molar-refractivity contribution in [2.75, 3.05) is 0 Å². The van der Waals surface area contributed by atoms with Gasteiger partial charge in [-0.25, -0.2) is 0 Å². The molecule has 0 spiro atoms. The van der Waals surface area contributed by atoms with Gasteiger partial charge in [-0.3, -0.25) is 4.79 Å². The van der Waals surface area contributed by atoms with Gasteiger partial charge >= 0.3 is 0 Å². The molecule has 0 bridgehead atoms. The number of carbonyl (C=O) groups is 1. The highest BCUT2D eigenvalue weighted by atomic mass is 16.2. The van der Waals surface area contributed by atoms with Crippen LogP contribution in [0.2, 0.25) is 0 Å². The zero-order valence-corrected chi connectivity index (χ0v) is 14.8. The van der Waals surface area contributed by atoms with Crippen molar-refractivity contribution < 1.29 is 4.79 Å². The molecule has 1 atom stereocenters. The van der Waals surface area contributed by atoms with Crippen molar-refractivity contribution in [3.05, 3.63) is 35.5 Å². The number of carbonyl (C=O) groups excluding carboxylic acids is 1. The summed E-state index contributed by atoms with van der Waals surface area (Å²) >= 11 is 0. The number of hydrogen-bond donors (Lipinski definition) is 2. The van der Waals surface area contributed by atoms with Crippen LogP contribution in [0.15, 0.2) is 24.3 Å². The fourth-order valence-corrected chi connectivity index (χ4v) is 3.95. The number of rotatable bonds is 5. The monoisotopic (exact) mass is 327 g/mol. The molecule has 4 nitrogen and oxygen atoms in total. The molecule has 3 N–H and O–H groups in total. The van der Waals surface area contributed by atoms with Crippen LogP contribution in [0, 0.1) is 6.92 Å². The fourth-order valence-electron chi connectivity index (χ4n) is 3.95. The quantitative estimate of drug-likeness (QED) is 0.885. The van der Waals surface area contributed by atoms with Crippen LogP contribution in [-0.2, 0) is 17.8 Å². The number of benzene rings is 1. The third-order valence-electron chi connectivity index (χ3n) is 5.16. The largest absolute Gasteiger partial charge is 0.352 e. The predicted molar refractivity (Wildman–Crippen MR) is 99.0 cm³/mol. The minimum Gasteiger partial charge on any atom is -0.352 e. The Kier molecular flexibility index (Phi) is 5.24. The molecule has 1 aromatic heterocycles. The molecule has 1 unspecified atom stereocenters. The van der Waals surface area contributed by atoms with Crippen molar-refractivity contribution in [1.29, 1.82) is 0 Å². The molecular formula is C20H29N3O. The van der Waals surface area contributed by atoms with E-state index in [-0.39, 0.29) is 11.9 Å². The third-order valence-corrected chi connectivity index (χ3v) is 5.16. The van der Waals surface area contributed by atoms with Gasteiger partial charge in [-0.05, 0) is 44.7 Å². The maximum Gasteiger partial charge on any atom is 0.240 e. The highest BCUT2D eigenvalue weighted by Crippen LogP contribution is 2.27. The zero-order chi connectivity index (χ0) is 17.1. The molecule has 1 aromatic carbocycles. The second-order valence-electron chi connectivity index (χ2n) is 7.25. The van der Waals surface area contributed by atoms with Crippen LogP contribution >= 0.6 is 0 Å². The van der Waals surface area contributed by atoms with E-state index in [4.69, 9.17) is 5.73 Å². The Morgan fingerprint density at radius 3 is 2.71 bits per heavy atom. The Labute approximate surface area is 144 Å². The molecule has 1 saturated carbocycles. The molecule has 0 aliphatic heterocycles. The number of fused-ring (bicyclic) bond motifs is 1. The summed E-state index contributed by atoms with van der Waals surface area (Å²) in [4.78, 5) is 12.6. The highest BCUT2D eigenvalue weighted by molar-refractivity contribution is 5.87. The van der Waals surface area contributed by atoms with Gasteiger partial charge in [-0.2, -0.15) is 0 Å². The number of nitrogens with zero attached hydrogens (tertiary/aromatic N) is 1. The van der Waals surface area contributed by atoms with E-state index in [9.17, 15) is 4.79 Å². The van der Waals surface area contributed by atoms with Gasteiger partial charge < -0.3 is 15.6 Å². The second kappa shape index (κ2) is 7.39. The lowest BCUT2D eigenvalue weighted by molar-refractivity contribution is -0.122. The van der Waals surface area contributed by atoms with E-state index >= 15 is 0 Å². The van der Waals surface area contributed by atoms with E-state index in [0.717, 1.165) is 30.5 Å². The summed E-state index contributed by atoms with van der Waals surface area (Å²) in [5, 5.41) is 4.44. The van der Waals surface area contributed by atoms with Crippen molar-refractivity contribution in [3.63, 3.8) is 0 Å². The first kappa shape index (κ1) is 17.0. The van der Waals surface area contributed by atoms with E-state index < -0.39 is 0 Å². The van der Waals surface area contributed by atoms with E-state index in [1.54, 1.807) is 0 Å². The van der Waals surface area contributed by atoms with Crippen molar-refractivity contribution in [3.8, 4) is 0 Å². The number of nitrogens with two attached hydrogens (primary N) is 1. The van der Waals surface area contributed by atoms with Gasteiger partial charge in [0.15, 0.2) is 0 Å². The molecule has 1 aliphatic carbocycles. The summed E-state index contributed by atoms with van der Waals surface area (Å²) in [7, 11) is 0. The van der Waals surface area contributed by atoms with E-state index in [0.29, 0.717) is 12.6 Å². The van der Waals surface area contributed by atoms with Crippen LogP contribution in [0.4, 0.5) is 0 Å². The molecule has 4 heteroatoms. The Morgan fingerprint density at radius 1 is 1.29 bits per heavy atom. The first-order chi connectivity index (χ1) is 11.6. The fraction of sp³-hybridized carbons (Fsp3) is 0.550. The normalized spacial score (nSPS) is 17.1. The maximum atomic E-state index is 12.6. The Bertz CT molecular complexity index is 711. The van der Waals surface area contributed by atoms with Crippen molar-refractivity contribution in [2.45, 2.75) is 71.0 Å². The van der Waals surface area contributed by atoms with Gasteiger partial charge in [-0.15, -0.1) is 0 Å².